The van der Waals surface area contributed by atoms with E-state index in [9.17, 15) is 9.59 Å². The van der Waals surface area contributed by atoms with Gasteiger partial charge in [0.05, 0.1) is 0 Å². The highest BCUT2D eigenvalue weighted by Gasteiger charge is 2.28. The lowest BCUT2D eigenvalue weighted by Gasteiger charge is -2.09. The van der Waals surface area contributed by atoms with Gasteiger partial charge in [0.25, 0.3) is 11.8 Å². The molecule has 0 fully saturated rings. The van der Waals surface area contributed by atoms with E-state index in [1.165, 1.54) is 22.3 Å². The molecular formula is C7H9NO2S. The molecule has 1 aliphatic rings. The number of hydrogen-bond acceptors (Lipinski definition) is 3. The van der Waals surface area contributed by atoms with Gasteiger partial charge in [-0.25, -0.2) is 4.31 Å². The summed E-state index contributed by atoms with van der Waals surface area (Å²) in [5.74, 6) is 0.347. The summed E-state index contributed by atoms with van der Waals surface area (Å²) in [6, 6.07) is 0. The zero-order valence-electron chi connectivity index (χ0n) is 6.46. The van der Waals surface area contributed by atoms with E-state index in [1.807, 2.05) is 6.92 Å². The summed E-state index contributed by atoms with van der Waals surface area (Å²) in [7, 11) is 0. The van der Waals surface area contributed by atoms with Crippen molar-refractivity contribution in [1.29, 1.82) is 0 Å². The summed E-state index contributed by atoms with van der Waals surface area (Å²) < 4.78 is 1.19. The van der Waals surface area contributed by atoms with Crippen LogP contribution in [0.25, 0.3) is 0 Å². The molecule has 2 amide bonds. The number of hydrogen-bond donors (Lipinski definition) is 0. The van der Waals surface area contributed by atoms with Crippen LogP contribution in [-0.4, -0.2) is 21.9 Å². The molecule has 3 nitrogen and oxygen atoms in total. The van der Waals surface area contributed by atoms with Gasteiger partial charge in [0.2, 0.25) is 0 Å². The lowest BCUT2D eigenvalue weighted by molar-refractivity contribution is -0.130. The maximum absolute atomic E-state index is 11.1. The van der Waals surface area contributed by atoms with Crippen molar-refractivity contribution in [3.63, 3.8) is 0 Å². The Morgan fingerprint density at radius 1 is 1.55 bits per heavy atom. The first kappa shape index (κ1) is 8.33. The molecule has 0 bridgehead atoms. The normalized spacial score (nSPS) is 17.6. The average molecular weight is 171 g/mol. The first-order valence-electron chi connectivity index (χ1n) is 3.36. The van der Waals surface area contributed by atoms with E-state index in [0.29, 0.717) is 5.57 Å². The summed E-state index contributed by atoms with van der Waals surface area (Å²) in [6.45, 7) is 3.55. The van der Waals surface area contributed by atoms with E-state index in [2.05, 4.69) is 0 Å². The van der Waals surface area contributed by atoms with Crippen LogP contribution in [0.5, 0.6) is 0 Å². The number of rotatable bonds is 2. The largest absolute Gasteiger partial charge is 0.268 e. The highest BCUT2D eigenvalue weighted by molar-refractivity contribution is 7.98. The Kier molecular flexibility index (Phi) is 2.34. The van der Waals surface area contributed by atoms with E-state index in [-0.39, 0.29) is 11.8 Å². The molecule has 4 heteroatoms. The second-order valence-corrected chi connectivity index (χ2v) is 3.38. The molecule has 0 N–H and O–H groups in total. The van der Waals surface area contributed by atoms with Crippen LogP contribution < -0.4 is 0 Å². The Hall–Kier alpha value is -0.770. The third kappa shape index (κ3) is 1.45. The standard InChI is InChI=1S/C7H9NO2S/c1-3-11-8-6(9)4-5(2)7(8)10/h4H,3H2,1-2H3. The van der Waals surface area contributed by atoms with Crippen LogP contribution in [0.1, 0.15) is 13.8 Å². The van der Waals surface area contributed by atoms with Crippen LogP contribution in [0.2, 0.25) is 0 Å². The van der Waals surface area contributed by atoms with Gasteiger partial charge in [0.15, 0.2) is 0 Å². The molecular weight excluding hydrogens is 162 g/mol. The van der Waals surface area contributed by atoms with Gasteiger partial charge < -0.3 is 0 Å². The van der Waals surface area contributed by atoms with Gasteiger partial charge in [-0.3, -0.25) is 9.59 Å². The highest BCUT2D eigenvalue weighted by atomic mass is 32.2. The third-order valence-corrected chi connectivity index (χ3v) is 2.18. The highest BCUT2D eigenvalue weighted by Crippen LogP contribution is 2.20. The first-order chi connectivity index (χ1) is 5.16. The topological polar surface area (TPSA) is 37.4 Å². The molecule has 0 spiro atoms. The monoisotopic (exact) mass is 171 g/mol. The van der Waals surface area contributed by atoms with Crippen molar-refractivity contribution in [2.75, 3.05) is 5.75 Å². The molecule has 1 heterocycles. The van der Waals surface area contributed by atoms with Gasteiger partial charge >= 0.3 is 0 Å². The quantitative estimate of drug-likeness (QED) is 0.459. The lowest BCUT2D eigenvalue weighted by atomic mass is 10.3. The zero-order chi connectivity index (χ0) is 8.43. The smallest absolute Gasteiger partial charge is 0.266 e. The van der Waals surface area contributed by atoms with E-state index in [1.54, 1.807) is 6.92 Å². The van der Waals surface area contributed by atoms with Gasteiger partial charge in [-0.05, 0) is 18.9 Å². The van der Waals surface area contributed by atoms with E-state index in [4.69, 9.17) is 0 Å². The van der Waals surface area contributed by atoms with Crippen molar-refractivity contribution in [2.24, 2.45) is 0 Å². The number of amides is 2. The molecule has 0 aliphatic carbocycles. The van der Waals surface area contributed by atoms with Crippen molar-refractivity contribution in [1.82, 2.24) is 4.31 Å². The summed E-state index contributed by atoms with van der Waals surface area (Å²) in [4.78, 5) is 22.1. The number of nitrogens with zero attached hydrogens (tertiary/aromatic N) is 1. The predicted octanol–water partition coefficient (Wildman–Crippen LogP) is 0.970. The van der Waals surface area contributed by atoms with E-state index >= 15 is 0 Å². The summed E-state index contributed by atoms with van der Waals surface area (Å²) in [5.41, 5.74) is 0.524. The molecule has 1 rings (SSSR count). The van der Waals surface area contributed by atoms with Gasteiger partial charge in [-0.15, -0.1) is 0 Å². The van der Waals surface area contributed by atoms with Gasteiger partial charge in [0, 0.05) is 17.4 Å². The second kappa shape index (κ2) is 3.09. The second-order valence-electron chi connectivity index (χ2n) is 2.18. The molecule has 11 heavy (non-hydrogen) atoms. The first-order valence-corrected chi connectivity index (χ1v) is 4.30. The summed E-state index contributed by atoms with van der Waals surface area (Å²) in [5, 5.41) is 0. The fourth-order valence-electron chi connectivity index (χ4n) is 0.817. The Morgan fingerprint density at radius 2 is 2.18 bits per heavy atom. The van der Waals surface area contributed by atoms with Crippen molar-refractivity contribution in [3.8, 4) is 0 Å². The fourth-order valence-corrected chi connectivity index (χ4v) is 1.52. The van der Waals surface area contributed by atoms with Crippen molar-refractivity contribution >= 4 is 23.8 Å². The average Bonchev–Trinajstić information content (AvgIpc) is 2.17. The maximum atomic E-state index is 11.1. The molecule has 0 unspecified atom stereocenters. The van der Waals surface area contributed by atoms with Crippen molar-refractivity contribution in [3.05, 3.63) is 11.6 Å². The predicted molar refractivity (Wildman–Crippen MR) is 43.7 cm³/mol. The van der Waals surface area contributed by atoms with Gasteiger partial charge in [0.1, 0.15) is 0 Å². The van der Waals surface area contributed by atoms with Crippen LogP contribution in [0.3, 0.4) is 0 Å². The zero-order valence-corrected chi connectivity index (χ0v) is 7.27. The fraction of sp³-hybridized carbons (Fsp3) is 0.429. The lowest BCUT2D eigenvalue weighted by Crippen LogP contribution is -2.23. The maximum Gasteiger partial charge on any atom is 0.266 e. The van der Waals surface area contributed by atoms with Crippen LogP contribution in [0.4, 0.5) is 0 Å². The minimum atomic E-state index is -0.209. The van der Waals surface area contributed by atoms with Gasteiger partial charge in [-0.2, -0.15) is 0 Å². The van der Waals surface area contributed by atoms with Crippen LogP contribution in [0, 0.1) is 0 Å². The molecule has 0 atom stereocenters. The van der Waals surface area contributed by atoms with Crippen LogP contribution >= 0.6 is 11.9 Å². The molecule has 0 aromatic carbocycles. The van der Waals surface area contributed by atoms with E-state index < -0.39 is 0 Å². The number of imide groups is 1. The van der Waals surface area contributed by atoms with Gasteiger partial charge in [-0.1, -0.05) is 6.92 Å². The van der Waals surface area contributed by atoms with Crippen molar-refractivity contribution in [2.45, 2.75) is 13.8 Å². The minimum absolute atomic E-state index is 0.179. The molecule has 0 saturated carbocycles. The van der Waals surface area contributed by atoms with Crippen molar-refractivity contribution < 1.29 is 9.59 Å². The molecule has 60 valence electrons. The summed E-state index contributed by atoms with van der Waals surface area (Å²) in [6.07, 6.45) is 1.37. The Morgan fingerprint density at radius 3 is 2.55 bits per heavy atom. The molecule has 0 radical (unpaired) electrons. The van der Waals surface area contributed by atoms with Crippen LogP contribution in [-0.2, 0) is 9.59 Å². The minimum Gasteiger partial charge on any atom is -0.268 e. The molecule has 0 saturated heterocycles. The molecule has 0 aromatic heterocycles. The Balaban J connectivity index is 2.73. The third-order valence-electron chi connectivity index (χ3n) is 1.32. The SMILES string of the molecule is CCSN1C(=O)C=C(C)C1=O. The number of carbonyl (C=O) groups excluding carboxylic acids is 2. The van der Waals surface area contributed by atoms with E-state index in [0.717, 1.165) is 5.75 Å². The molecule has 1 aliphatic heterocycles. The van der Waals surface area contributed by atoms with Crippen LogP contribution in [0.15, 0.2) is 11.6 Å². The summed E-state index contributed by atoms with van der Waals surface area (Å²) >= 11 is 1.24. The Bertz CT molecular complexity index is 235. The number of carbonyl (C=O) groups is 2. The Labute approximate surface area is 69.6 Å². The molecule has 0 aromatic rings.